The fraction of sp³-hybridized carbons (Fsp3) is 1.00. The van der Waals surface area contributed by atoms with Gasteiger partial charge in [0.1, 0.15) is 12.6 Å². The molecule has 0 rings (SSSR count). The van der Waals surface area contributed by atoms with Gasteiger partial charge in [0.2, 0.25) is 0 Å². The van der Waals surface area contributed by atoms with Gasteiger partial charge >= 0.3 is 0 Å². The summed E-state index contributed by atoms with van der Waals surface area (Å²) < 4.78 is 5.10. The molecule has 0 fully saturated rings. The lowest BCUT2D eigenvalue weighted by molar-refractivity contribution is -0.916. The highest BCUT2D eigenvalue weighted by Crippen LogP contribution is 2.18. The molecule has 0 aromatic carbocycles. The molecular weight excluding hydrogens is 314 g/mol. The van der Waals surface area contributed by atoms with Gasteiger partial charge in [0.05, 0.1) is 25.9 Å². The lowest BCUT2D eigenvalue weighted by atomic mass is 10.0. The quantitative estimate of drug-likeness (QED) is 0.142. The van der Waals surface area contributed by atoms with Crippen LogP contribution in [-0.2, 0) is 9.37 Å². The Morgan fingerprint density at radius 3 is 2.13 bits per heavy atom. The predicted octanol–water partition coefficient (Wildman–Crippen LogP) is 4.41. The lowest BCUT2D eigenvalue weighted by Gasteiger charge is -2.37. The highest BCUT2D eigenvalue weighted by atomic mass is 32.2. The van der Waals surface area contributed by atoms with Crippen LogP contribution >= 0.6 is 12.0 Å². The number of nitrogens with zero attached hydrogens (tertiary/aromatic N) is 1. The van der Waals surface area contributed by atoms with Crippen molar-refractivity contribution in [1.29, 1.82) is 0 Å². The second kappa shape index (κ2) is 14.5. The van der Waals surface area contributed by atoms with Gasteiger partial charge in [-0.05, 0) is 19.8 Å². The molecule has 0 saturated carbocycles. The molecule has 140 valence electrons. The van der Waals surface area contributed by atoms with Gasteiger partial charge in [0.15, 0.2) is 0 Å². The predicted molar refractivity (Wildman–Crippen MR) is 96.9 cm³/mol. The Bertz CT molecular complexity index is 267. The minimum absolute atomic E-state index is 0.382. The zero-order valence-corrected chi connectivity index (χ0v) is 16.3. The summed E-state index contributed by atoms with van der Waals surface area (Å²) in [6.07, 6.45) is 11.5. The summed E-state index contributed by atoms with van der Waals surface area (Å²) in [5, 5.41) is 21.6. The summed E-state index contributed by atoms with van der Waals surface area (Å²) in [6, 6.07) is 0.518. The van der Waals surface area contributed by atoms with E-state index in [1.54, 1.807) is 0 Å². The van der Waals surface area contributed by atoms with E-state index >= 15 is 0 Å². The molecule has 0 aromatic heterocycles. The fourth-order valence-electron chi connectivity index (χ4n) is 2.83. The molecule has 6 heteroatoms. The smallest absolute Gasteiger partial charge is 0.114 e. The van der Waals surface area contributed by atoms with Gasteiger partial charge in [0, 0.05) is 12.0 Å². The van der Waals surface area contributed by atoms with Gasteiger partial charge in [0.25, 0.3) is 0 Å². The summed E-state index contributed by atoms with van der Waals surface area (Å²) >= 11 is 0.914. The van der Waals surface area contributed by atoms with E-state index in [1.807, 2.05) is 0 Å². The third kappa shape index (κ3) is 13.2. The van der Waals surface area contributed by atoms with Crippen molar-refractivity contribution < 1.29 is 24.2 Å². The molecule has 0 spiro atoms. The van der Waals surface area contributed by atoms with Crippen LogP contribution < -0.4 is 0 Å². The highest BCUT2D eigenvalue weighted by molar-refractivity contribution is 7.94. The van der Waals surface area contributed by atoms with E-state index in [0.717, 1.165) is 16.5 Å². The molecule has 2 atom stereocenters. The van der Waals surface area contributed by atoms with Gasteiger partial charge in [-0.3, -0.25) is 0 Å². The van der Waals surface area contributed by atoms with E-state index in [1.165, 1.54) is 57.8 Å². The summed E-state index contributed by atoms with van der Waals surface area (Å²) in [7, 11) is 4.32. The van der Waals surface area contributed by atoms with Crippen LogP contribution in [0.1, 0.15) is 71.6 Å². The van der Waals surface area contributed by atoms with E-state index in [9.17, 15) is 5.11 Å². The van der Waals surface area contributed by atoms with Gasteiger partial charge in [-0.1, -0.05) is 56.9 Å². The van der Waals surface area contributed by atoms with Crippen LogP contribution in [0.5, 0.6) is 0 Å². The molecule has 0 saturated heterocycles. The van der Waals surface area contributed by atoms with E-state index in [2.05, 4.69) is 37.3 Å². The van der Waals surface area contributed by atoms with Crippen molar-refractivity contribution in [1.82, 2.24) is 0 Å². The number of rotatable bonds is 16. The summed E-state index contributed by atoms with van der Waals surface area (Å²) in [4.78, 5) is 0. The first-order chi connectivity index (χ1) is 10.9. The average molecular weight is 353 g/mol. The van der Waals surface area contributed by atoms with Crippen LogP contribution in [0.15, 0.2) is 0 Å². The number of hydrogen-bond acceptors (Lipinski definition) is 5. The van der Waals surface area contributed by atoms with E-state index < -0.39 is 6.10 Å². The maximum absolute atomic E-state index is 10.0. The normalized spacial score (nSPS) is 14.9. The van der Waals surface area contributed by atoms with E-state index in [-0.39, 0.29) is 0 Å². The number of aliphatic hydroxyl groups is 1. The summed E-state index contributed by atoms with van der Waals surface area (Å²) in [5.74, 6) is 0.382. The topological polar surface area (TPSA) is 58.9 Å². The highest BCUT2D eigenvalue weighted by Gasteiger charge is 2.27. The van der Waals surface area contributed by atoms with E-state index in [0.29, 0.717) is 18.3 Å². The van der Waals surface area contributed by atoms with Crippen molar-refractivity contribution in [2.75, 3.05) is 26.4 Å². The van der Waals surface area contributed by atoms with Crippen molar-refractivity contribution in [3.8, 4) is 0 Å². The molecule has 2 unspecified atom stereocenters. The molecule has 0 aliphatic rings. The molecule has 23 heavy (non-hydrogen) atoms. The first-order valence-electron chi connectivity index (χ1n) is 9.04. The van der Waals surface area contributed by atoms with Crippen molar-refractivity contribution in [3.63, 3.8) is 0 Å². The largest absolute Gasteiger partial charge is 0.386 e. The van der Waals surface area contributed by atoms with Crippen LogP contribution in [-0.4, -0.2) is 53.4 Å². The maximum atomic E-state index is 10.0. The average Bonchev–Trinajstić information content (AvgIpc) is 2.49. The van der Waals surface area contributed by atoms with Gasteiger partial charge in [-0.25, -0.2) is 5.26 Å². The molecule has 0 amide bonds. The number of quaternary nitrogens is 1. The third-order valence-electron chi connectivity index (χ3n) is 4.69. The second-order valence-electron chi connectivity index (χ2n) is 7.15. The van der Waals surface area contributed by atoms with Crippen LogP contribution in [0.2, 0.25) is 0 Å². The Hall–Kier alpha value is 0.150. The minimum Gasteiger partial charge on any atom is -0.386 e. The molecule has 0 heterocycles. The zero-order valence-electron chi connectivity index (χ0n) is 15.5. The monoisotopic (exact) mass is 352 g/mol. The molecule has 0 bridgehead atoms. The van der Waals surface area contributed by atoms with Gasteiger partial charge < -0.3 is 9.59 Å². The Labute approximate surface area is 147 Å². The van der Waals surface area contributed by atoms with Crippen LogP contribution in [0.25, 0.3) is 0 Å². The van der Waals surface area contributed by atoms with Gasteiger partial charge in [-0.15, -0.1) is 4.33 Å². The third-order valence-corrected chi connectivity index (χ3v) is 5.37. The molecule has 2 N–H and O–H groups in total. The summed E-state index contributed by atoms with van der Waals surface area (Å²) in [5.41, 5.74) is 0. The van der Waals surface area contributed by atoms with E-state index in [4.69, 9.17) is 5.26 Å². The number of unbranched alkanes of at least 4 members (excludes halogenated alkanes) is 7. The zero-order chi connectivity index (χ0) is 17.6. The number of aliphatic hydroxyl groups excluding tert-OH is 1. The maximum Gasteiger partial charge on any atom is 0.114 e. The summed E-state index contributed by atoms with van der Waals surface area (Å²) in [6.45, 7) is 5.18. The Kier molecular flexibility index (Phi) is 14.6. The van der Waals surface area contributed by atoms with Crippen LogP contribution in [0, 0.1) is 0 Å². The Morgan fingerprint density at radius 1 is 1.00 bits per heavy atom. The molecule has 0 radical (unpaired) electrons. The Morgan fingerprint density at radius 2 is 1.57 bits per heavy atom. The van der Waals surface area contributed by atoms with Crippen molar-refractivity contribution in [3.05, 3.63) is 0 Å². The van der Waals surface area contributed by atoms with Crippen molar-refractivity contribution in [2.24, 2.45) is 0 Å². The van der Waals surface area contributed by atoms with Crippen LogP contribution in [0.4, 0.5) is 0 Å². The first-order valence-corrected chi connectivity index (χ1v) is 9.95. The van der Waals surface area contributed by atoms with Crippen LogP contribution in [0.3, 0.4) is 0 Å². The van der Waals surface area contributed by atoms with Crippen molar-refractivity contribution >= 4 is 12.0 Å². The molecule has 0 aromatic rings. The molecule has 0 aliphatic heterocycles. The standard InChI is InChI=1S/C17H37NO4S/c1-5-6-7-8-9-10-11-12-13-16(2)18(3,4)14-17(19)15-23-22-21-20/h16-17,19H,5-15H2,1-4H3/p+1. The molecule has 0 aliphatic carbocycles. The lowest BCUT2D eigenvalue weighted by Crippen LogP contribution is -2.51. The minimum atomic E-state index is -0.480. The number of hydrogen-bond donors (Lipinski definition) is 2. The molecule has 5 nitrogen and oxygen atoms in total. The Balaban J connectivity index is 3.74. The number of likely N-dealkylation sites (N-methyl/N-ethyl adjacent to an activating group) is 1. The second-order valence-corrected chi connectivity index (χ2v) is 7.86. The van der Waals surface area contributed by atoms with Crippen molar-refractivity contribution in [2.45, 2.75) is 83.8 Å². The van der Waals surface area contributed by atoms with Gasteiger partial charge in [-0.2, -0.15) is 0 Å². The molecular formula is C17H38NO4S+. The fourth-order valence-corrected chi connectivity index (χ4v) is 3.19. The SMILES string of the molecule is CCCCCCCCCCC(C)[N+](C)(C)CC(O)CSOOO. The first kappa shape index (κ1) is 23.1.